The molecule has 3 rings (SSSR count). The second-order valence-corrected chi connectivity index (χ2v) is 7.13. The van der Waals surface area contributed by atoms with Gasteiger partial charge in [0.1, 0.15) is 6.10 Å². The van der Waals surface area contributed by atoms with E-state index in [1.165, 1.54) is 12.4 Å². The Morgan fingerprint density at radius 2 is 1.88 bits per heavy atom. The zero-order chi connectivity index (χ0) is 18.5. The molecule has 7 heteroatoms. The summed E-state index contributed by atoms with van der Waals surface area (Å²) in [5.41, 5.74) is 1.70. The highest BCUT2D eigenvalue weighted by Crippen LogP contribution is 2.23. The SMILES string of the molecule is CN(C)c1cccc(C(=O)NC2CCC(Oc3ncc(Cl)cn3)CC2)c1. The third kappa shape index (κ3) is 4.85. The minimum absolute atomic E-state index is 0.0286. The van der Waals surface area contributed by atoms with E-state index >= 15 is 0 Å². The van der Waals surface area contributed by atoms with E-state index in [1.54, 1.807) is 0 Å². The van der Waals surface area contributed by atoms with Crippen LogP contribution in [0.3, 0.4) is 0 Å². The van der Waals surface area contributed by atoms with Crippen molar-refractivity contribution < 1.29 is 9.53 Å². The lowest BCUT2D eigenvalue weighted by Gasteiger charge is -2.29. The van der Waals surface area contributed by atoms with E-state index in [1.807, 2.05) is 43.3 Å². The van der Waals surface area contributed by atoms with Gasteiger partial charge in [0.2, 0.25) is 0 Å². The van der Waals surface area contributed by atoms with E-state index in [4.69, 9.17) is 16.3 Å². The molecule has 1 aliphatic rings. The van der Waals surface area contributed by atoms with Crippen molar-refractivity contribution in [3.05, 3.63) is 47.2 Å². The first-order chi connectivity index (χ1) is 12.5. The Balaban J connectivity index is 1.49. The predicted molar refractivity (Wildman–Crippen MR) is 102 cm³/mol. The predicted octanol–water partition coefficient (Wildman–Crippen LogP) is 3.32. The summed E-state index contributed by atoms with van der Waals surface area (Å²) in [5.74, 6) is -0.0286. The summed E-state index contributed by atoms with van der Waals surface area (Å²) < 4.78 is 5.79. The van der Waals surface area contributed by atoms with Gasteiger partial charge in [-0.05, 0) is 43.9 Å². The van der Waals surface area contributed by atoms with Crippen molar-refractivity contribution >= 4 is 23.2 Å². The average molecular weight is 375 g/mol. The van der Waals surface area contributed by atoms with Crippen LogP contribution in [0.1, 0.15) is 36.0 Å². The summed E-state index contributed by atoms with van der Waals surface area (Å²) in [4.78, 5) is 22.6. The van der Waals surface area contributed by atoms with Gasteiger partial charge in [-0.1, -0.05) is 17.7 Å². The number of aromatic nitrogens is 2. The van der Waals surface area contributed by atoms with E-state index in [0.29, 0.717) is 16.6 Å². The first-order valence-electron chi connectivity index (χ1n) is 8.73. The van der Waals surface area contributed by atoms with Gasteiger partial charge < -0.3 is 15.0 Å². The van der Waals surface area contributed by atoms with Crippen molar-refractivity contribution in [1.82, 2.24) is 15.3 Å². The highest BCUT2D eigenvalue weighted by atomic mass is 35.5. The molecular weight excluding hydrogens is 352 g/mol. The lowest BCUT2D eigenvalue weighted by molar-refractivity contribution is 0.0885. The quantitative estimate of drug-likeness (QED) is 0.869. The highest BCUT2D eigenvalue weighted by molar-refractivity contribution is 6.30. The molecular formula is C19H23ClN4O2. The molecule has 1 aromatic carbocycles. The molecule has 1 heterocycles. The lowest BCUT2D eigenvalue weighted by atomic mass is 9.92. The number of hydrogen-bond donors (Lipinski definition) is 1. The third-order valence-electron chi connectivity index (χ3n) is 4.50. The number of hydrogen-bond acceptors (Lipinski definition) is 5. The van der Waals surface area contributed by atoms with Crippen LogP contribution in [0.15, 0.2) is 36.7 Å². The molecule has 0 bridgehead atoms. The van der Waals surface area contributed by atoms with Crippen molar-refractivity contribution in [2.24, 2.45) is 0 Å². The van der Waals surface area contributed by atoms with Crippen molar-refractivity contribution in [3.63, 3.8) is 0 Å². The van der Waals surface area contributed by atoms with Gasteiger partial charge in [0.25, 0.3) is 5.91 Å². The van der Waals surface area contributed by atoms with Crippen LogP contribution in [0.2, 0.25) is 5.02 Å². The van der Waals surface area contributed by atoms with Crippen LogP contribution in [-0.4, -0.2) is 42.1 Å². The van der Waals surface area contributed by atoms with Gasteiger partial charge in [-0.15, -0.1) is 0 Å². The molecule has 138 valence electrons. The van der Waals surface area contributed by atoms with Gasteiger partial charge in [-0.25, -0.2) is 9.97 Å². The minimum Gasteiger partial charge on any atom is -0.460 e. The summed E-state index contributed by atoms with van der Waals surface area (Å²) in [7, 11) is 3.92. The van der Waals surface area contributed by atoms with Crippen molar-refractivity contribution in [2.45, 2.75) is 37.8 Å². The maximum Gasteiger partial charge on any atom is 0.316 e. The molecule has 2 aromatic rings. The monoisotopic (exact) mass is 374 g/mol. The number of carbonyl (C=O) groups excluding carboxylic acids is 1. The maximum absolute atomic E-state index is 12.5. The first kappa shape index (κ1) is 18.5. The Bertz CT molecular complexity index is 743. The Hall–Kier alpha value is -2.34. The maximum atomic E-state index is 12.5. The van der Waals surface area contributed by atoms with Gasteiger partial charge >= 0.3 is 6.01 Å². The second-order valence-electron chi connectivity index (χ2n) is 6.69. The lowest BCUT2D eigenvalue weighted by Crippen LogP contribution is -2.39. The summed E-state index contributed by atoms with van der Waals surface area (Å²) in [6.07, 6.45) is 6.58. The van der Waals surface area contributed by atoms with Gasteiger partial charge in [0.05, 0.1) is 17.4 Å². The fraction of sp³-hybridized carbons (Fsp3) is 0.421. The normalized spacial score (nSPS) is 19.7. The van der Waals surface area contributed by atoms with Crippen LogP contribution < -0.4 is 15.0 Å². The standard InChI is InChI=1S/C19H23ClN4O2/c1-24(2)16-5-3-4-13(10-16)18(25)23-15-6-8-17(9-7-15)26-19-21-11-14(20)12-22-19/h3-5,10-12,15,17H,6-9H2,1-2H3,(H,23,25). The van der Waals surface area contributed by atoms with Crippen LogP contribution in [0.5, 0.6) is 6.01 Å². The molecule has 1 aromatic heterocycles. The number of ether oxygens (including phenoxy) is 1. The number of halogens is 1. The molecule has 1 fully saturated rings. The molecule has 26 heavy (non-hydrogen) atoms. The van der Waals surface area contributed by atoms with Crippen molar-refractivity contribution in [1.29, 1.82) is 0 Å². The topological polar surface area (TPSA) is 67.4 Å². The Morgan fingerprint density at radius 1 is 1.19 bits per heavy atom. The molecule has 0 unspecified atom stereocenters. The van der Waals surface area contributed by atoms with Gasteiger partial charge in [-0.3, -0.25) is 4.79 Å². The molecule has 0 aliphatic heterocycles. The van der Waals surface area contributed by atoms with Crippen LogP contribution in [0, 0.1) is 0 Å². The van der Waals surface area contributed by atoms with E-state index in [-0.39, 0.29) is 18.1 Å². The minimum atomic E-state index is -0.0286. The number of rotatable bonds is 5. The number of benzene rings is 1. The number of nitrogens with one attached hydrogen (secondary N) is 1. The Morgan fingerprint density at radius 3 is 2.54 bits per heavy atom. The first-order valence-corrected chi connectivity index (χ1v) is 9.11. The molecule has 0 spiro atoms. The molecule has 1 aliphatic carbocycles. The summed E-state index contributed by atoms with van der Waals surface area (Å²) in [6, 6.07) is 8.15. The van der Waals surface area contributed by atoms with Gasteiger partial charge in [0, 0.05) is 31.4 Å². The Kier molecular flexibility index (Phi) is 5.93. The summed E-state index contributed by atoms with van der Waals surface area (Å²) >= 11 is 5.78. The summed E-state index contributed by atoms with van der Waals surface area (Å²) in [6.45, 7) is 0. The molecule has 1 amide bonds. The molecule has 0 atom stereocenters. The zero-order valence-corrected chi connectivity index (χ0v) is 15.7. The van der Waals surface area contributed by atoms with Crippen LogP contribution >= 0.6 is 11.6 Å². The van der Waals surface area contributed by atoms with Crippen LogP contribution in [0.4, 0.5) is 5.69 Å². The van der Waals surface area contributed by atoms with E-state index < -0.39 is 0 Å². The highest BCUT2D eigenvalue weighted by Gasteiger charge is 2.24. The van der Waals surface area contributed by atoms with E-state index in [2.05, 4.69) is 15.3 Å². The average Bonchev–Trinajstić information content (AvgIpc) is 2.65. The van der Waals surface area contributed by atoms with Gasteiger partial charge in [-0.2, -0.15) is 0 Å². The van der Waals surface area contributed by atoms with Crippen molar-refractivity contribution in [3.8, 4) is 6.01 Å². The molecule has 0 radical (unpaired) electrons. The van der Waals surface area contributed by atoms with Gasteiger partial charge in [0.15, 0.2) is 0 Å². The largest absolute Gasteiger partial charge is 0.460 e. The van der Waals surface area contributed by atoms with Crippen LogP contribution in [-0.2, 0) is 0 Å². The molecule has 1 N–H and O–H groups in total. The number of carbonyl (C=O) groups is 1. The number of amides is 1. The van der Waals surface area contributed by atoms with Crippen LogP contribution in [0.25, 0.3) is 0 Å². The smallest absolute Gasteiger partial charge is 0.316 e. The Labute approximate surface area is 158 Å². The molecule has 6 nitrogen and oxygen atoms in total. The van der Waals surface area contributed by atoms with E-state index in [9.17, 15) is 4.79 Å². The third-order valence-corrected chi connectivity index (χ3v) is 4.70. The number of anilines is 1. The fourth-order valence-corrected chi connectivity index (χ4v) is 3.13. The fourth-order valence-electron chi connectivity index (χ4n) is 3.03. The summed E-state index contributed by atoms with van der Waals surface area (Å²) in [5, 5.41) is 3.62. The number of nitrogens with zero attached hydrogens (tertiary/aromatic N) is 3. The van der Waals surface area contributed by atoms with Crippen molar-refractivity contribution in [2.75, 3.05) is 19.0 Å². The van der Waals surface area contributed by atoms with E-state index in [0.717, 1.165) is 31.4 Å². The zero-order valence-electron chi connectivity index (χ0n) is 15.0. The second kappa shape index (κ2) is 8.36. The molecule has 1 saturated carbocycles. The molecule has 0 saturated heterocycles.